The van der Waals surface area contributed by atoms with Crippen LogP contribution in [0.5, 0.6) is 5.75 Å². The van der Waals surface area contributed by atoms with Crippen LogP contribution in [0.4, 0.5) is 61.8 Å². The summed E-state index contributed by atoms with van der Waals surface area (Å²) in [6.45, 7) is 27.3. The number of ketones is 3. The number of hydrogen-bond donors (Lipinski definition) is 7. The Balaban J connectivity index is 0.000000161. The summed E-state index contributed by atoms with van der Waals surface area (Å²) in [5, 5.41) is 18.6. The predicted molar refractivity (Wildman–Crippen MR) is 464 cm³/mol. The van der Waals surface area contributed by atoms with Gasteiger partial charge in [0.05, 0.1) is 84.6 Å². The molecule has 0 aromatic heterocycles. The number of anilines is 4. The third kappa shape index (κ3) is 17.3. The van der Waals surface area contributed by atoms with Gasteiger partial charge < -0.3 is 56.7 Å². The maximum Gasteiger partial charge on any atom is 0.265 e. The van der Waals surface area contributed by atoms with Crippen molar-refractivity contribution in [2.45, 2.75) is 128 Å². The van der Waals surface area contributed by atoms with E-state index in [4.69, 9.17) is 19.7 Å². The van der Waals surface area contributed by atoms with Crippen LogP contribution in [0.15, 0.2) is 205 Å². The Labute approximate surface area is 713 Å². The fraction of sp³-hybridized carbons (Fsp3) is 0.295. The molecule has 5 aliphatic heterocycles. The first-order chi connectivity index (χ1) is 58.7. The van der Waals surface area contributed by atoms with Gasteiger partial charge in [0, 0.05) is 90.9 Å². The van der Waals surface area contributed by atoms with Gasteiger partial charge in [0.25, 0.3) is 23.6 Å². The van der Waals surface area contributed by atoms with Crippen LogP contribution in [0.1, 0.15) is 146 Å². The molecule has 1 unspecified atom stereocenters. The monoisotopic (exact) mass is 1690 g/mol. The van der Waals surface area contributed by atoms with Crippen molar-refractivity contribution >= 4 is 116 Å². The number of hydrogen-bond acceptors (Lipinski definition) is 17. The first kappa shape index (κ1) is 87.9. The first-order valence-corrected chi connectivity index (χ1v) is 40.7. The first-order valence-electron chi connectivity index (χ1n) is 40.7. The lowest BCUT2D eigenvalue weighted by Gasteiger charge is -2.37. The van der Waals surface area contributed by atoms with Crippen LogP contribution in [0.25, 0.3) is 0 Å². The number of carbonyl (C=O) groups excluding carboxylic acids is 10. The molecular formula is C95H94F5N13O11. The Morgan fingerprint density at radius 2 is 0.944 bits per heavy atom. The van der Waals surface area contributed by atoms with Crippen LogP contribution >= 0.6 is 0 Å². The Bertz CT molecular complexity index is 6020. The average Bonchev–Trinajstić information content (AvgIpc) is 1.58. The molecule has 8 aliphatic rings. The van der Waals surface area contributed by atoms with Gasteiger partial charge in [0.1, 0.15) is 11.3 Å². The van der Waals surface area contributed by atoms with Gasteiger partial charge >= 0.3 is 0 Å². The molecule has 29 heteroatoms. The second kappa shape index (κ2) is 34.9. The van der Waals surface area contributed by atoms with Gasteiger partial charge in [-0.2, -0.15) is 0 Å². The topological polar surface area (TPSA) is 311 Å². The Kier molecular flexibility index (Phi) is 24.8. The standard InChI is InChI=1S/C37H39N5O5.C29H23F5N4O3.C29H32N4O3/c1-8-29(47-30-17-12-21(2)18-22(30)3)35(45)39-25-11-9-10-23(19-25)34(44)40-28-20-27(38-24-13-15-26(16-14-24)42(6)7)32-31(33(28)43)37(4,5)36(46)41-32;1-29(2)18-24(37-28(29)41)15(35-14-9-12-5-3-7-38-8-4-6-13(10-14)25(12)38)11-16(26(18)39)36-27(40)17-19(30)21(32)23(34)22(33)20(17)31;1-7-33(8-2)20-12-13-21(18(4)15-20)30-22-16-23(31-27(35)19-11-9-10-17(3)14-19)26(34)24-25(22)32-28(36)29(24,5)6/h9-20,29H,8H2,1-7H3,(H,39,45)(H,40,44)(H,41,46);9-11H,3-8H2,1-2H3,(H,36,40)(H,37,41);9-16H,7-8H2,1-6H3,(H,31,35)(H,32,36). The highest BCUT2D eigenvalue weighted by atomic mass is 19.2. The van der Waals surface area contributed by atoms with Crippen LogP contribution < -0.4 is 56.7 Å². The van der Waals surface area contributed by atoms with E-state index in [-0.39, 0.29) is 63.0 Å². The van der Waals surface area contributed by atoms with Crippen molar-refractivity contribution < 1.29 is 74.6 Å². The second-order valence-corrected chi connectivity index (χ2v) is 33.0. The zero-order valence-corrected chi connectivity index (χ0v) is 71.3. The Hall–Kier alpha value is -13.9. The number of nitrogens with one attached hydrogen (secondary N) is 7. The maximum atomic E-state index is 14.3. The minimum Gasteiger partial charge on any atom is -0.480 e. The highest BCUT2D eigenvalue weighted by Crippen LogP contribution is 2.45. The van der Waals surface area contributed by atoms with Crippen molar-refractivity contribution in [1.82, 2.24) is 31.9 Å². The quantitative estimate of drug-likeness (QED) is 0.0182. The molecule has 15 rings (SSSR count). The highest BCUT2D eigenvalue weighted by molar-refractivity contribution is 6.33. The largest absolute Gasteiger partial charge is 0.480 e. The molecule has 0 saturated heterocycles. The number of rotatable bonds is 18. The number of aliphatic imine (C=N–C) groups is 3. The van der Waals surface area contributed by atoms with Gasteiger partial charge in [-0.1, -0.05) is 48.4 Å². The summed E-state index contributed by atoms with van der Waals surface area (Å²) in [5.74, 6) is -16.9. The fourth-order valence-electron chi connectivity index (χ4n) is 16.0. The van der Waals surface area contributed by atoms with Crippen molar-refractivity contribution in [2.24, 2.45) is 31.2 Å². The Morgan fingerprint density at radius 3 is 1.41 bits per heavy atom. The molecule has 640 valence electrons. The molecule has 7 aromatic carbocycles. The number of carbonyl (C=O) groups is 10. The number of Topliss-reactive ketones (excluding diaryl/α,β-unsaturated/α-hetero) is 3. The Morgan fingerprint density at radius 1 is 0.492 bits per heavy atom. The molecule has 0 spiro atoms. The van der Waals surface area contributed by atoms with E-state index in [2.05, 4.69) is 61.6 Å². The zero-order valence-electron chi connectivity index (χ0n) is 71.3. The fourth-order valence-corrected chi connectivity index (χ4v) is 16.0. The summed E-state index contributed by atoms with van der Waals surface area (Å²) in [4.78, 5) is 152. The molecule has 0 bridgehead atoms. The number of amides is 7. The molecule has 0 radical (unpaired) electrons. The molecule has 7 N–H and O–H groups in total. The molecule has 7 aromatic rings. The third-order valence-electron chi connectivity index (χ3n) is 22.9. The molecule has 5 heterocycles. The van der Waals surface area contributed by atoms with Crippen LogP contribution in [0.3, 0.4) is 0 Å². The van der Waals surface area contributed by atoms with Gasteiger partial charge in [-0.05, 0) is 247 Å². The summed E-state index contributed by atoms with van der Waals surface area (Å²) >= 11 is 0. The number of nitrogens with zero attached hydrogens (tertiary/aromatic N) is 6. The highest BCUT2D eigenvalue weighted by Gasteiger charge is 2.51. The normalized spacial score (nSPS) is 18.1. The summed E-state index contributed by atoms with van der Waals surface area (Å²) < 4.78 is 75.7. The molecule has 7 amide bonds. The van der Waals surface area contributed by atoms with Crippen LogP contribution in [-0.2, 0) is 46.4 Å². The SMILES string of the molecule is CC1(C)C(=O)NC2=C1C(=O)C(NC(=O)c1c(F)c(F)c(F)c(F)c1F)=CC2=Nc1cc2c3c(c1)CCCN3CCC2.CCC(Oc1ccc(C)cc1C)C(=O)Nc1cccc(C(=O)NC2=CC(=Nc3ccc(N(C)C)cc3)C3=C(C2=O)C(C)(C)C(=O)N3)c1.CCN(CC)c1ccc(N=C2C=C(NC(=O)c3cccc(C)c3)C(=O)C3=C2NC(=O)C3(C)C)c(C)c1. The lowest BCUT2D eigenvalue weighted by atomic mass is 9.79. The van der Waals surface area contributed by atoms with Gasteiger partial charge in [0.2, 0.25) is 40.9 Å². The zero-order chi connectivity index (χ0) is 89.6. The number of aryl methyl sites for hydroxylation is 6. The minimum atomic E-state index is -2.42. The van der Waals surface area contributed by atoms with E-state index >= 15 is 0 Å². The average molecular weight is 1690 g/mol. The van der Waals surface area contributed by atoms with Crippen molar-refractivity contribution in [1.29, 1.82) is 0 Å². The second-order valence-electron chi connectivity index (χ2n) is 33.0. The lowest BCUT2D eigenvalue weighted by molar-refractivity contribution is -0.127. The van der Waals surface area contributed by atoms with E-state index < -0.39 is 97.9 Å². The van der Waals surface area contributed by atoms with Crippen molar-refractivity contribution in [3.05, 3.63) is 270 Å². The number of halogens is 5. The van der Waals surface area contributed by atoms with E-state index in [0.29, 0.717) is 63.2 Å². The summed E-state index contributed by atoms with van der Waals surface area (Å²) in [5.41, 5.74) is 8.87. The molecule has 0 saturated carbocycles. The molecule has 24 nitrogen and oxygen atoms in total. The van der Waals surface area contributed by atoms with Gasteiger partial charge in [-0.15, -0.1) is 0 Å². The van der Waals surface area contributed by atoms with Gasteiger partial charge in [0.15, 0.2) is 29.4 Å². The van der Waals surface area contributed by atoms with E-state index in [0.717, 1.165) is 108 Å². The number of benzene rings is 7. The summed E-state index contributed by atoms with van der Waals surface area (Å²) in [6, 6.07) is 36.7. The molecular weight excluding hydrogens is 1590 g/mol. The number of ether oxygens (including phenoxy) is 1. The van der Waals surface area contributed by atoms with E-state index in [1.807, 2.05) is 132 Å². The van der Waals surface area contributed by atoms with Crippen LogP contribution in [0, 0.1) is 73.0 Å². The van der Waals surface area contributed by atoms with E-state index in [1.54, 1.807) is 70.2 Å². The lowest BCUT2D eigenvalue weighted by Crippen LogP contribution is -2.36. The third-order valence-corrected chi connectivity index (χ3v) is 22.9. The molecule has 1 atom stereocenters. The minimum absolute atomic E-state index is 0.00987. The van der Waals surface area contributed by atoms with Crippen LogP contribution in [-0.4, -0.2) is 122 Å². The summed E-state index contributed by atoms with van der Waals surface area (Å²) in [6.07, 6.45) is 7.50. The maximum absolute atomic E-state index is 14.3. The summed E-state index contributed by atoms with van der Waals surface area (Å²) in [7, 11) is 3.87. The molecule has 0 fully saturated rings. The van der Waals surface area contributed by atoms with Crippen molar-refractivity contribution in [3.63, 3.8) is 0 Å². The van der Waals surface area contributed by atoms with Gasteiger partial charge in [-0.25, -0.2) is 36.9 Å². The molecule has 3 aliphatic carbocycles. The van der Waals surface area contributed by atoms with Crippen molar-refractivity contribution in [3.8, 4) is 5.75 Å². The van der Waals surface area contributed by atoms with Crippen LogP contribution in [0.2, 0.25) is 0 Å². The van der Waals surface area contributed by atoms with E-state index in [1.165, 1.54) is 31.7 Å². The molecule has 124 heavy (non-hydrogen) atoms. The number of allylic oxidation sites excluding steroid dienone is 6. The van der Waals surface area contributed by atoms with Gasteiger partial charge in [-0.3, -0.25) is 47.9 Å². The smallest absolute Gasteiger partial charge is 0.265 e. The van der Waals surface area contributed by atoms with E-state index in [9.17, 15) is 69.9 Å². The van der Waals surface area contributed by atoms with Crippen molar-refractivity contribution in [2.75, 3.05) is 60.3 Å². The predicted octanol–water partition coefficient (Wildman–Crippen LogP) is 14.5.